The van der Waals surface area contributed by atoms with Crippen LogP contribution in [-0.2, 0) is 4.79 Å². The van der Waals surface area contributed by atoms with Crippen molar-refractivity contribution < 1.29 is 19.5 Å². The molecule has 172 valence electrons. The number of phenolic OH excluding ortho intramolecular Hbond substituents is 1. The number of fused-ring (bicyclic) bond motifs is 5. The van der Waals surface area contributed by atoms with Crippen molar-refractivity contribution in [3.8, 4) is 5.75 Å². The summed E-state index contributed by atoms with van der Waals surface area (Å²) >= 11 is 0. The minimum absolute atomic E-state index is 0.0774. The Balaban J connectivity index is 1.24. The van der Waals surface area contributed by atoms with E-state index in [0.717, 1.165) is 18.4 Å². The average molecular weight is 456 g/mol. The van der Waals surface area contributed by atoms with Crippen LogP contribution in [0.3, 0.4) is 0 Å². The van der Waals surface area contributed by atoms with Gasteiger partial charge in [-0.05, 0) is 55.3 Å². The van der Waals surface area contributed by atoms with Gasteiger partial charge in [-0.1, -0.05) is 36.8 Å². The van der Waals surface area contributed by atoms with E-state index < -0.39 is 6.17 Å². The van der Waals surface area contributed by atoms with Gasteiger partial charge in [-0.15, -0.1) is 0 Å². The molecule has 0 saturated heterocycles. The smallest absolute Gasteiger partial charge is 0.260 e. The molecule has 0 aromatic heterocycles. The monoisotopic (exact) mass is 455 g/mol. The Labute approximate surface area is 197 Å². The first-order chi connectivity index (χ1) is 16.5. The Bertz CT molecular complexity index is 1250. The molecule has 3 amide bonds. The van der Waals surface area contributed by atoms with Crippen LogP contribution in [0.5, 0.6) is 5.75 Å². The number of carbonyl (C=O) groups excluding carboxylic acids is 3. The van der Waals surface area contributed by atoms with Crippen LogP contribution in [0.1, 0.15) is 58.1 Å². The van der Waals surface area contributed by atoms with Crippen molar-refractivity contribution in [2.24, 2.45) is 0 Å². The fourth-order valence-electron chi connectivity index (χ4n) is 4.71. The molecule has 34 heavy (non-hydrogen) atoms. The molecule has 1 atom stereocenters. The topological polar surface area (TPSA) is 90.0 Å². The summed E-state index contributed by atoms with van der Waals surface area (Å²) in [6.07, 6.45) is 2.11. The summed E-state index contributed by atoms with van der Waals surface area (Å²) in [5.74, 6) is -0.101. The second-order valence-electron chi connectivity index (χ2n) is 8.56. The van der Waals surface area contributed by atoms with Crippen LogP contribution < -0.4 is 10.2 Å². The van der Waals surface area contributed by atoms with Gasteiger partial charge < -0.3 is 15.3 Å². The quantitative estimate of drug-likeness (QED) is 0.399. The number of hydrogen-bond acceptors (Lipinski definition) is 4. The van der Waals surface area contributed by atoms with Crippen molar-refractivity contribution in [1.29, 1.82) is 0 Å². The van der Waals surface area contributed by atoms with Gasteiger partial charge in [-0.25, -0.2) is 0 Å². The minimum Gasteiger partial charge on any atom is -0.508 e. The molecule has 2 aliphatic heterocycles. The zero-order valence-corrected chi connectivity index (χ0v) is 18.6. The molecule has 2 aliphatic rings. The maximum atomic E-state index is 13.4. The van der Waals surface area contributed by atoms with Crippen LogP contribution in [0.15, 0.2) is 72.8 Å². The highest BCUT2D eigenvalue weighted by molar-refractivity contribution is 6.16. The summed E-state index contributed by atoms with van der Waals surface area (Å²) < 4.78 is 0. The molecule has 3 aromatic carbocycles. The van der Waals surface area contributed by atoms with Crippen LogP contribution in [0.25, 0.3) is 0 Å². The molecule has 0 fully saturated rings. The highest BCUT2D eigenvalue weighted by Gasteiger charge is 2.47. The van der Waals surface area contributed by atoms with E-state index >= 15 is 0 Å². The number of nitrogens with zero attached hydrogens (tertiary/aromatic N) is 2. The highest BCUT2D eigenvalue weighted by Crippen LogP contribution is 2.45. The predicted octanol–water partition coefficient (Wildman–Crippen LogP) is 4.71. The Hall–Kier alpha value is -4.13. The van der Waals surface area contributed by atoms with Gasteiger partial charge in [0, 0.05) is 29.8 Å². The summed E-state index contributed by atoms with van der Waals surface area (Å²) in [7, 11) is 0. The normalized spacial score (nSPS) is 16.2. The zero-order chi connectivity index (χ0) is 23.7. The average Bonchev–Trinajstić information content (AvgIpc) is 3.15. The second-order valence-corrected chi connectivity index (χ2v) is 8.56. The molecular weight excluding hydrogens is 430 g/mol. The number of anilines is 2. The third kappa shape index (κ3) is 3.90. The lowest BCUT2D eigenvalue weighted by Crippen LogP contribution is -2.48. The van der Waals surface area contributed by atoms with Crippen molar-refractivity contribution in [1.82, 2.24) is 4.90 Å². The fraction of sp³-hybridized carbons (Fsp3) is 0.222. The Morgan fingerprint density at radius 3 is 2.32 bits per heavy atom. The molecule has 7 heteroatoms. The number of unbranched alkanes of at least 4 members (excludes halogenated alkanes) is 2. The Kier molecular flexibility index (Phi) is 5.76. The third-order valence-corrected chi connectivity index (χ3v) is 6.34. The van der Waals surface area contributed by atoms with Gasteiger partial charge in [0.25, 0.3) is 11.8 Å². The van der Waals surface area contributed by atoms with E-state index in [2.05, 4.69) is 5.32 Å². The molecule has 2 N–H and O–H groups in total. The van der Waals surface area contributed by atoms with Crippen LogP contribution in [0.4, 0.5) is 11.4 Å². The number of para-hydroxylation sites is 1. The van der Waals surface area contributed by atoms with E-state index in [0.29, 0.717) is 41.9 Å². The number of hydrogen-bond donors (Lipinski definition) is 2. The van der Waals surface area contributed by atoms with Gasteiger partial charge in [-0.2, -0.15) is 0 Å². The lowest BCUT2D eigenvalue weighted by Gasteiger charge is -2.41. The first kappa shape index (κ1) is 21.7. The molecule has 3 aromatic rings. The first-order valence-corrected chi connectivity index (χ1v) is 11.5. The molecule has 2 heterocycles. The van der Waals surface area contributed by atoms with E-state index in [1.165, 1.54) is 12.1 Å². The van der Waals surface area contributed by atoms with Crippen molar-refractivity contribution >= 4 is 29.1 Å². The highest BCUT2D eigenvalue weighted by atomic mass is 16.3. The van der Waals surface area contributed by atoms with Gasteiger partial charge in [-0.3, -0.25) is 19.3 Å². The number of benzene rings is 3. The first-order valence-electron chi connectivity index (χ1n) is 11.5. The van der Waals surface area contributed by atoms with Crippen LogP contribution in [0.2, 0.25) is 0 Å². The van der Waals surface area contributed by atoms with Gasteiger partial charge in [0.1, 0.15) is 11.9 Å². The zero-order valence-electron chi connectivity index (χ0n) is 18.6. The van der Waals surface area contributed by atoms with Crippen LogP contribution >= 0.6 is 0 Å². The SMILES string of the molecule is O=C(CCCCCN1C(=O)c2ccccc2N2C(=O)c3ccccc3[C@@H]12)Nc1ccc(O)cc1. The summed E-state index contributed by atoms with van der Waals surface area (Å²) in [5.41, 5.74) is 3.32. The summed E-state index contributed by atoms with van der Waals surface area (Å²) in [5, 5.41) is 12.1. The Morgan fingerprint density at radius 2 is 1.53 bits per heavy atom. The lowest BCUT2D eigenvalue weighted by molar-refractivity contribution is -0.116. The van der Waals surface area contributed by atoms with E-state index in [1.54, 1.807) is 28.0 Å². The molecule has 0 aliphatic carbocycles. The van der Waals surface area contributed by atoms with Crippen molar-refractivity contribution in [2.45, 2.75) is 31.8 Å². The van der Waals surface area contributed by atoms with Crippen LogP contribution in [-0.4, -0.2) is 34.3 Å². The van der Waals surface area contributed by atoms with Gasteiger partial charge in [0.2, 0.25) is 5.91 Å². The van der Waals surface area contributed by atoms with Gasteiger partial charge in [0.15, 0.2) is 0 Å². The minimum atomic E-state index is -0.441. The predicted molar refractivity (Wildman–Crippen MR) is 129 cm³/mol. The van der Waals surface area contributed by atoms with Gasteiger partial charge >= 0.3 is 0 Å². The van der Waals surface area contributed by atoms with Crippen LogP contribution in [0, 0.1) is 0 Å². The third-order valence-electron chi connectivity index (χ3n) is 6.34. The Morgan fingerprint density at radius 1 is 0.824 bits per heavy atom. The number of amides is 3. The molecule has 5 rings (SSSR count). The molecule has 0 unspecified atom stereocenters. The number of rotatable bonds is 7. The van der Waals surface area contributed by atoms with E-state index in [9.17, 15) is 19.5 Å². The molecule has 7 nitrogen and oxygen atoms in total. The van der Waals surface area contributed by atoms with Gasteiger partial charge in [0.05, 0.1) is 11.3 Å². The van der Waals surface area contributed by atoms with Crippen molar-refractivity contribution in [2.75, 3.05) is 16.8 Å². The molecule has 0 radical (unpaired) electrons. The maximum Gasteiger partial charge on any atom is 0.260 e. The van der Waals surface area contributed by atoms with E-state index in [4.69, 9.17) is 0 Å². The number of aromatic hydroxyl groups is 1. The molecule has 0 spiro atoms. The fourth-order valence-corrected chi connectivity index (χ4v) is 4.71. The second kappa shape index (κ2) is 9.02. The largest absolute Gasteiger partial charge is 0.508 e. The number of nitrogens with one attached hydrogen (secondary N) is 1. The van der Waals surface area contributed by atoms with Crippen molar-refractivity contribution in [3.05, 3.63) is 89.5 Å². The molecule has 0 saturated carbocycles. The van der Waals surface area contributed by atoms with E-state index in [1.807, 2.05) is 42.5 Å². The standard InChI is InChI=1S/C27H25N3O4/c31-19-15-13-18(14-16-19)28-24(32)12-2-1-7-17-29-25-20-8-3-4-9-21(20)27(34)30(25)23-11-6-5-10-22(23)26(29)33/h3-6,8-11,13-16,25,31H,1-2,7,12,17H2,(H,28,32)/t25-/m0/s1. The van der Waals surface area contributed by atoms with E-state index in [-0.39, 0.29) is 23.5 Å². The number of carbonyl (C=O) groups is 3. The summed E-state index contributed by atoms with van der Waals surface area (Å²) in [4.78, 5) is 42.3. The lowest BCUT2D eigenvalue weighted by atomic mass is 10.0. The maximum absolute atomic E-state index is 13.4. The summed E-state index contributed by atoms with van der Waals surface area (Å²) in [6.45, 7) is 0.496. The molecule has 0 bridgehead atoms. The number of phenols is 1. The molecular formula is C27H25N3O4. The van der Waals surface area contributed by atoms with Crippen molar-refractivity contribution in [3.63, 3.8) is 0 Å². The summed E-state index contributed by atoms with van der Waals surface area (Å²) in [6, 6.07) is 21.1.